The average molecular weight is 279 g/mol. The van der Waals surface area contributed by atoms with Gasteiger partial charge in [0, 0.05) is 26.0 Å². The first-order valence-electron chi connectivity index (χ1n) is 6.63. The summed E-state index contributed by atoms with van der Waals surface area (Å²) >= 11 is 0. The Morgan fingerprint density at radius 3 is 2.35 bits per heavy atom. The van der Waals surface area contributed by atoms with E-state index in [2.05, 4.69) is 0 Å². The van der Waals surface area contributed by atoms with Gasteiger partial charge in [-0.25, -0.2) is 0 Å². The van der Waals surface area contributed by atoms with E-state index in [1.54, 1.807) is 0 Å². The van der Waals surface area contributed by atoms with Crippen LogP contribution in [0.15, 0.2) is 18.2 Å². The van der Waals surface area contributed by atoms with Crippen molar-refractivity contribution in [2.45, 2.75) is 33.1 Å². The summed E-state index contributed by atoms with van der Waals surface area (Å²) in [6.45, 7) is 3.49. The molecule has 0 aliphatic carbocycles. The smallest absolute Gasteiger partial charge is 0.302 e. The first-order valence-corrected chi connectivity index (χ1v) is 6.63. The van der Waals surface area contributed by atoms with Crippen LogP contribution in [0.25, 0.3) is 0 Å². The van der Waals surface area contributed by atoms with Crippen LogP contribution in [0.2, 0.25) is 0 Å². The summed E-state index contributed by atoms with van der Waals surface area (Å²) in [6.07, 6.45) is 2.10. The van der Waals surface area contributed by atoms with E-state index in [1.165, 1.54) is 13.8 Å². The molecular formula is C15H21NO4. The molecule has 0 saturated carbocycles. The molecule has 110 valence electrons. The summed E-state index contributed by atoms with van der Waals surface area (Å²) in [4.78, 5) is 21.5. The van der Waals surface area contributed by atoms with Crippen molar-refractivity contribution in [2.75, 3.05) is 18.9 Å². The molecule has 2 N–H and O–H groups in total. The monoisotopic (exact) mass is 279 g/mol. The standard InChI is InChI=1S/C15H21NO4/c1-11(17)19-9-4-6-13-5-3-7-15(16)14(13)8-10-20-12(2)18/h3,5,7H,4,6,8-10,16H2,1-2H3. The second-order valence-corrected chi connectivity index (χ2v) is 4.52. The summed E-state index contributed by atoms with van der Waals surface area (Å²) < 4.78 is 9.86. The summed E-state index contributed by atoms with van der Waals surface area (Å²) in [5, 5.41) is 0. The number of aryl methyl sites for hydroxylation is 1. The Labute approximate surface area is 119 Å². The number of rotatable bonds is 7. The molecule has 0 atom stereocenters. The van der Waals surface area contributed by atoms with Crippen molar-refractivity contribution in [3.63, 3.8) is 0 Å². The molecule has 5 nitrogen and oxygen atoms in total. The maximum absolute atomic E-state index is 10.8. The van der Waals surface area contributed by atoms with Crippen molar-refractivity contribution < 1.29 is 19.1 Å². The van der Waals surface area contributed by atoms with Crippen molar-refractivity contribution >= 4 is 17.6 Å². The second kappa shape index (κ2) is 8.19. The summed E-state index contributed by atoms with van der Waals surface area (Å²) in [5.74, 6) is -0.566. The molecule has 0 amide bonds. The Hall–Kier alpha value is -2.04. The molecule has 1 aromatic carbocycles. The molecule has 0 fully saturated rings. The summed E-state index contributed by atoms with van der Waals surface area (Å²) in [7, 11) is 0. The zero-order valence-electron chi connectivity index (χ0n) is 12.0. The highest BCUT2D eigenvalue weighted by atomic mass is 16.5. The van der Waals surface area contributed by atoms with Crippen LogP contribution in [-0.4, -0.2) is 25.2 Å². The SMILES string of the molecule is CC(=O)OCCCc1cccc(N)c1CCOC(C)=O. The van der Waals surface area contributed by atoms with Crippen LogP contribution in [0, 0.1) is 0 Å². The lowest BCUT2D eigenvalue weighted by Gasteiger charge is -2.12. The molecule has 5 heteroatoms. The van der Waals surface area contributed by atoms with Crippen LogP contribution >= 0.6 is 0 Å². The molecule has 0 saturated heterocycles. The number of esters is 2. The van der Waals surface area contributed by atoms with Crippen LogP contribution in [0.5, 0.6) is 0 Å². The van der Waals surface area contributed by atoms with E-state index in [0.29, 0.717) is 25.3 Å². The van der Waals surface area contributed by atoms with E-state index >= 15 is 0 Å². The number of hydrogen-bond donors (Lipinski definition) is 1. The van der Waals surface area contributed by atoms with Crippen LogP contribution in [0.4, 0.5) is 5.69 Å². The number of hydrogen-bond acceptors (Lipinski definition) is 5. The van der Waals surface area contributed by atoms with Gasteiger partial charge in [0.05, 0.1) is 13.2 Å². The number of ether oxygens (including phenoxy) is 2. The van der Waals surface area contributed by atoms with Gasteiger partial charge in [0.15, 0.2) is 0 Å². The first kappa shape index (κ1) is 16.0. The van der Waals surface area contributed by atoms with E-state index in [0.717, 1.165) is 24.0 Å². The molecule has 0 bridgehead atoms. The minimum absolute atomic E-state index is 0.271. The van der Waals surface area contributed by atoms with Gasteiger partial charge in [-0.3, -0.25) is 9.59 Å². The molecule has 0 spiro atoms. The predicted octanol–water partition coefficient (Wildman–Crippen LogP) is 1.87. The van der Waals surface area contributed by atoms with Gasteiger partial charge in [-0.1, -0.05) is 12.1 Å². The topological polar surface area (TPSA) is 78.6 Å². The minimum atomic E-state index is -0.295. The Bertz CT molecular complexity index is 471. The van der Waals surface area contributed by atoms with Crippen molar-refractivity contribution in [3.8, 4) is 0 Å². The van der Waals surface area contributed by atoms with Gasteiger partial charge in [0.25, 0.3) is 0 Å². The van der Waals surface area contributed by atoms with Gasteiger partial charge >= 0.3 is 11.9 Å². The van der Waals surface area contributed by atoms with Crippen LogP contribution in [0.1, 0.15) is 31.4 Å². The molecule has 0 unspecified atom stereocenters. The third kappa shape index (κ3) is 5.73. The zero-order valence-corrected chi connectivity index (χ0v) is 12.0. The lowest BCUT2D eigenvalue weighted by atomic mass is 9.99. The second-order valence-electron chi connectivity index (χ2n) is 4.52. The number of carbonyl (C=O) groups excluding carboxylic acids is 2. The fourth-order valence-corrected chi connectivity index (χ4v) is 1.97. The summed E-state index contributed by atoms with van der Waals surface area (Å²) in [5.41, 5.74) is 8.76. The molecule has 0 heterocycles. The van der Waals surface area contributed by atoms with Gasteiger partial charge < -0.3 is 15.2 Å². The van der Waals surface area contributed by atoms with E-state index < -0.39 is 0 Å². The molecule has 1 aromatic rings. The Balaban J connectivity index is 2.58. The molecule has 0 aromatic heterocycles. The lowest BCUT2D eigenvalue weighted by molar-refractivity contribution is -0.141. The van der Waals surface area contributed by atoms with E-state index in [-0.39, 0.29) is 11.9 Å². The first-order chi connectivity index (χ1) is 9.50. The van der Waals surface area contributed by atoms with Crippen molar-refractivity contribution in [2.24, 2.45) is 0 Å². The van der Waals surface area contributed by atoms with Crippen molar-refractivity contribution in [1.29, 1.82) is 0 Å². The average Bonchev–Trinajstić information content (AvgIpc) is 2.37. The quantitative estimate of drug-likeness (QED) is 0.468. The van der Waals surface area contributed by atoms with Crippen molar-refractivity contribution in [1.82, 2.24) is 0 Å². The predicted molar refractivity (Wildman–Crippen MR) is 76.1 cm³/mol. The summed E-state index contributed by atoms with van der Waals surface area (Å²) in [6, 6.07) is 5.72. The molecule has 0 aliphatic rings. The van der Waals surface area contributed by atoms with Gasteiger partial charge in [0.2, 0.25) is 0 Å². The van der Waals surface area contributed by atoms with Gasteiger partial charge in [0.1, 0.15) is 0 Å². The highest BCUT2D eigenvalue weighted by molar-refractivity contribution is 5.66. The normalized spacial score (nSPS) is 10.1. The third-order valence-corrected chi connectivity index (χ3v) is 2.86. The van der Waals surface area contributed by atoms with Crippen LogP contribution in [-0.2, 0) is 31.9 Å². The highest BCUT2D eigenvalue weighted by Gasteiger charge is 2.07. The molecular weight excluding hydrogens is 258 g/mol. The van der Waals surface area contributed by atoms with Crippen molar-refractivity contribution in [3.05, 3.63) is 29.3 Å². The van der Waals surface area contributed by atoms with Gasteiger partial charge in [-0.2, -0.15) is 0 Å². The molecule has 0 aliphatic heterocycles. The fourth-order valence-electron chi connectivity index (χ4n) is 1.97. The number of benzene rings is 1. The minimum Gasteiger partial charge on any atom is -0.466 e. The Kier molecular flexibility index (Phi) is 6.56. The van der Waals surface area contributed by atoms with E-state index in [1.807, 2.05) is 18.2 Å². The number of carbonyl (C=O) groups is 2. The zero-order chi connectivity index (χ0) is 15.0. The highest BCUT2D eigenvalue weighted by Crippen LogP contribution is 2.19. The van der Waals surface area contributed by atoms with Gasteiger partial charge in [-0.15, -0.1) is 0 Å². The molecule has 0 radical (unpaired) electrons. The number of nitrogens with two attached hydrogens (primary N) is 1. The van der Waals surface area contributed by atoms with Crippen LogP contribution in [0.3, 0.4) is 0 Å². The third-order valence-electron chi connectivity index (χ3n) is 2.86. The van der Waals surface area contributed by atoms with E-state index in [9.17, 15) is 9.59 Å². The lowest BCUT2D eigenvalue weighted by Crippen LogP contribution is -2.08. The Morgan fingerprint density at radius 1 is 1.05 bits per heavy atom. The largest absolute Gasteiger partial charge is 0.466 e. The maximum atomic E-state index is 10.8. The molecule has 1 rings (SSSR count). The molecule has 20 heavy (non-hydrogen) atoms. The number of nitrogen functional groups attached to an aromatic ring is 1. The van der Waals surface area contributed by atoms with E-state index in [4.69, 9.17) is 15.2 Å². The Morgan fingerprint density at radius 2 is 1.70 bits per heavy atom. The van der Waals surface area contributed by atoms with Crippen LogP contribution < -0.4 is 5.73 Å². The number of anilines is 1. The van der Waals surface area contributed by atoms with Gasteiger partial charge in [-0.05, 0) is 30.0 Å². The maximum Gasteiger partial charge on any atom is 0.302 e. The fraction of sp³-hybridized carbons (Fsp3) is 0.467.